The van der Waals surface area contributed by atoms with Gasteiger partial charge in [0.25, 0.3) is 5.91 Å². The van der Waals surface area contributed by atoms with Crippen LogP contribution in [0.4, 0.5) is 5.95 Å². The first-order valence-electron chi connectivity index (χ1n) is 12.3. The number of aryl methyl sites for hydroxylation is 1. The van der Waals surface area contributed by atoms with E-state index in [1.54, 1.807) is 35.0 Å². The number of nitriles is 1. The summed E-state index contributed by atoms with van der Waals surface area (Å²) in [6.45, 7) is 3.62. The Balaban J connectivity index is 1.41. The average Bonchev–Trinajstić information content (AvgIpc) is 3.36. The number of benzene rings is 1. The molecule has 0 radical (unpaired) electrons. The van der Waals surface area contributed by atoms with Crippen LogP contribution in [0.15, 0.2) is 48.8 Å². The number of nitrogens with one attached hydrogen (secondary N) is 1. The molecule has 11 heteroatoms. The van der Waals surface area contributed by atoms with E-state index in [-0.39, 0.29) is 5.91 Å². The monoisotopic (exact) mass is 548 g/mol. The highest BCUT2D eigenvalue weighted by atomic mass is 35.5. The zero-order valence-electron chi connectivity index (χ0n) is 20.9. The third kappa shape index (κ3) is 5.73. The van der Waals surface area contributed by atoms with E-state index in [0.29, 0.717) is 58.2 Å². The van der Waals surface area contributed by atoms with Crippen molar-refractivity contribution in [1.82, 2.24) is 29.2 Å². The molecular weight excluding hydrogens is 523 g/mol. The number of carbonyl (C=O) groups is 1. The first-order valence-corrected chi connectivity index (χ1v) is 13.1. The summed E-state index contributed by atoms with van der Waals surface area (Å²) in [7, 11) is 2.05. The zero-order valence-corrected chi connectivity index (χ0v) is 22.4. The highest BCUT2D eigenvalue weighted by molar-refractivity contribution is 6.36. The van der Waals surface area contributed by atoms with Crippen LogP contribution in [0.5, 0.6) is 0 Å². The lowest BCUT2D eigenvalue weighted by molar-refractivity contribution is 0.0659. The van der Waals surface area contributed by atoms with Gasteiger partial charge in [-0.3, -0.25) is 14.2 Å². The zero-order chi connectivity index (χ0) is 26.6. The van der Waals surface area contributed by atoms with Gasteiger partial charge in [0.15, 0.2) is 0 Å². The average molecular weight is 549 g/mol. The first-order chi connectivity index (χ1) is 18.4. The van der Waals surface area contributed by atoms with E-state index in [0.717, 1.165) is 37.2 Å². The third-order valence-corrected chi connectivity index (χ3v) is 7.06. The number of amides is 1. The number of pyridine rings is 1. The molecule has 1 N–H and O–H groups in total. The van der Waals surface area contributed by atoms with Crippen molar-refractivity contribution in [3.05, 3.63) is 75.8 Å². The molecule has 1 saturated heterocycles. The molecule has 1 amide bonds. The minimum atomic E-state index is -0.0919. The van der Waals surface area contributed by atoms with E-state index in [4.69, 9.17) is 33.4 Å². The van der Waals surface area contributed by atoms with Crippen molar-refractivity contribution in [2.45, 2.75) is 12.8 Å². The molecule has 4 aromatic rings. The highest BCUT2D eigenvalue weighted by Crippen LogP contribution is 2.31. The topological polar surface area (TPSA) is 102 Å². The number of rotatable bonds is 7. The Bertz CT molecular complexity index is 1500. The molecule has 0 bridgehead atoms. The fraction of sp³-hybridized carbons (Fsp3) is 0.296. The molecule has 0 spiro atoms. The van der Waals surface area contributed by atoms with Crippen LogP contribution >= 0.6 is 23.2 Å². The van der Waals surface area contributed by atoms with E-state index in [1.807, 2.05) is 23.1 Å². The van der Waals surface area contributed by atoms with Crippen molar-refractivity contribution in [3.8, 4) is 17.3 Å². The van der Waals surface area contributed by atoms with Crippen LogP contribution in [-0.2, 0) is 6.42 Å². The summed E-state index contributed by atoms with van der Waals surface area (Å²) in [5.74, 6) is 0.465. The lowest BCUT2D eigenvalue weighted by Gasteiger charge is -2.31. The van der Waals surface area contributed by atoms with Crippen LogP contribution in [0.3, 0.4) is 0 Å². The Kier molecular flexibility index (Phi) is 7.74. The van der Waals surface area contributed by atoms with E-state index < -0.39 is 0 Å². The molecule has 5 rings (SSSR count). The van der Waals surface area contributed by atoms with Crippen molar-refractivity contribution in [1.29, 1.82) is 5.26 Å². The number of likely N-dealkylation sites (N-methyl/N-ethyl adjacent to an activating group) is 1. The number of hydrogen-bond donors (Lipinski definition) is 1. The fourth-order valence-electron chi connectivity index (χ4n) is 4.33. The van der Waals surface area contributed by atoms with Crippen molar-refractivity contribution in [2.24, 2.45) is 0 Å². The van der Waals surface area contributed by atoms with E-state index in [1.165, 1.54) is 0 Å². The smallest absolute Gasteiger partial charge is 0.274 e. The Morgan fingerprint density at radius 3 is 2.63 bits per heavy atom. The van der Waals surface area contributed by atoms with Crippen LogP contribution in [0.1, 0.15) is 28.2 Å². The second kappa shape index (κ2) is 11.4. The lowest BCUT2D eigenvalue weighted by Crippen LogP contribution is -2.47. The summed E-state index contributed by atoms with van der Waals surface area (Å²) in [4.78, 5) is 31.1. The Morgan fingerprint density at radius 1 is 1.11 bits per heavy atom. The van der Waals surface area contributed by atoms with Gasteiger partial charge in [0.05, 0.1) is 16.3 Å². The molecule has 1 aliphatic heterocycles. The number of anilines is 1. The number of fused-ring (bicyclic) bond motifs is 1. The predicted octanol–water partition coefficient (Wildman–Crippen LogP) is 4.40. The lowest BCUT2D eigenvalue weighted by atomic mass is 10.1. The summed E-state index contributed by atoms with van der Waals surface area (Å²) < 4.78 is 1.80. The summed E-state index contributed by atoms with van der Waals surface area (Å²) >= 11 is 12.6. The molecule has 1 aromatic carbocycles. The standard InChI is InChI=1S/C27H26Cl2N8O/c1-35-9-11-36(12-10-35)26(38)24-17-37-25(33-24)14-23(21-7-5-19(28)13-22(21)29)34-27(37)31-8-2-3-20-6-4-18(15-30)16-32-20/h4-7,13-14,16-17H,2-3,8-12H2,1H3,(H,31,34). The van der Waals surface area contributed by atoms with Crippen LogP contribution in [0, 0.1) is 11.3 Å². The Labute approximate surface area is 230 Å². The molecule has 194 valence electrons. The van der Waals surface area contributed by atoms with E-state index >= 15 is 0 Å². The van der Waals surface area contributed by atoms with Gasteiger partial charge in [0.1, 0.15) is 17.4 Å². The van der Waals surface area contributed by atoms with Crippen LogP contribution in [0.2, 0.25) is 10.0 Å². The highest BCUT2D eigenvalue weighted by Gasteiger charge is 2.23. The molecule has 0 atom stereocenters. The third-order valence-electron chi connectivity index (χ3n) is 6.52. The summed E-state index contributed by atoms with van der Waals surface area (Å²) in [5.41, 5.74) is 3.76. The quantitative estimate of drug-likeness (QED) is 0.341. The number of carbonyl (C=O) groups excluding carboxylic acids is 1. The van der Waals surface area contributed by atoms with Crippen LogP contribution < -0.4 is 5.32 Å². The SMILES string of the molecule is CN1CCN(C(=O)c2cn3c(NCCCc4ccc(C#N)cn4)nc(-c4ccc(Cl)cc4Cl)cc3n2)CC1. The molecule has 1 fully saturated rings. The molecule has 3 aromatic heterocycles. The predicted molar refractivity (Wildman–Crippen MR) is 148 cm³/mol. The van der Waals surface area contributed by atoms with Gasteiger partial charge in [-0.2, -0.15) is 5.26 Å². The van der Waals surface area contributed by atoms with Crippen molar-refractivity contribution in [3.63, 3.8) is 0 Å². The molecule has 1 aliphatic rings. The van der Waals surface area contributed by atoms with Gasteiger partial charge in [-0.1, -0.05) is 23.2 Å². The van der Waals surface area contributed by atoms with Gasteiger partial charge in [0.2, 0.25) is 5.95 Å². The van der Waals surface area contributed by atoms with Gasteiger partial charge in [-0.15, -0.1) is 0 Å². The van der Waals surface area contributed by atoms with Crippen LogP contribution in [0.25, 0.3) is 16.9 Å². The Morgan fingerprint density at radius 2 is 1.92 bits per heavy atom. The maximum atomic E-state index is 13.2. The summed E-state index contributed by atoms with van der Waals surface area (Å²) in [5, 5.41) is 13.4. The van der Waals surface area contributed by atoms with Gasteiger partial charge in [-0.25, -0.2) is 9.97 Å². The fourth-order valence-corrected chi connectivity index (χ4v) is 4.84. The Hall–Kier alpha value is -3.71. The first kappa shape index (κ1) is 25.9. The second-order valence-electron chi connectivity index (χ2n) is 9.22. The maximum Gasteiger partial charge on any atom is 0.274 e. The molecule has 0 aliphatic carbocycles. The molecule has 0 saturated carbocycles. The van der Waals surface area contributed by atoms with E-state index in [2.05, 4.69) is 33.3 Å². The normalized spacial score (nSPS) is 14.0. The minimum Gasteiger partial charge on any atom is -0.355 e. The summed E-state index contributed by atoms with van der Waals surface area (Å²) in [6.07, 6.45) is 4.84. The molecule has 0 unspecified atom stereocenters. The molecule has 4 heterocycles. The largest absolute Gasteiger partial charge is 0.355 e. The number of hydrogen-bond acceptors (Lipinski definition) is 7. The maximum absolute atomic E-state index is 13.2. The van der Waals surface area contributed by atoms with Crippen LogP contribution in [-0.4, -0.2) is 74.8 Å². The number of nitrogens with zero attached hydrogens (tertiary/aromatic N) is 7. The molecular formula is C27H26Cl2N8O. The van der Waals surface area contributed by atoms with Gasteiger partial charge in [-0.05, 0) is 50.2 Å². The van der Waals surface area contributed by atoms with Gasteiger partial charge >= 0.3 is 0 Å². The van der Waals surface area contributed by atoms with Gasteiger partial charge < -0.3 is 15.1 Å². The van der Waals surface area contributed by atoms with Crippen molar-refractivity contribution in [2.75, 3.05) is 45.1 Å². The minimum absolute atomic E-state index is 0.0919. The second-order valence-corrected chi connectivity index (χ2v) is 10.1. The number of piperazine rings is 1. The van der Waals surface area contributed by atoms with Crippen molar-refractivity contribution < 1.29 is 4.79 Å². The molecule has 38 heavy (non-hydrogen) atoms. The number of imidazole rings is 1. The van der Waals surface area contributed by atoms with Crippen molar-refractivity contribution >= 4 is 40.7 Å². The van der Waals surface area contributed by atoms with E-state index in [9.17, 15) is 4.79 Å². The van der Waals surface area contributed by atoms with Gasteiger partial charge in [0, 0.05) is 67.5 Å². The number of aromatic nitrogens is 4. The molecule has 9 nitrogen and oxygen atoms in total. The number of halogens is 2. The summed E-state index contributed by atoms with van der Waals surface area (Å²) in [6, 6.07) is 12.8.